The fourth-order valence-corrected chi connectivity index (χ4v) is 2.05. The number of pyridine rings is 1. The maximum absolute atomic E-state index is 12.4. The first-order valence-corrected chi connectivity index (χ1v) is 7.54. The highest BCUT2D eigenvalue weighted by molar-refractivity contribution is 6.04. The number of hydrogen-bond donors (Lipinski definition) is 1. The summed E-state index contributed by atoms with van der Waals surface area (Å²) >= 11 is 0. The highest BCUT2D eigenvalue weighted by Gasteiger charge is 2.17. The van der Waals surface area contributed by atoms with Crippen LogP contribution < -0.4 is 10.9 Å². The Morgan fingerprint density at radius 1 is 1.08 bits per heavy atom. The van der Waals surface area contributed by atoms with E-state index in [-0.39, 0.29) is 18.1 Å². The van der Waals surface area contributed by atoms with Crippen molar-refractivity contribution in [2.24, 2.45) is 0 Å². The van der Waals surface area contributed by atoms with Gasteiger partial charge < -0.3 is 14.6 Å². The number of anilines is 1. The molecule has 0 atom stereocenters. The van der Waals surface area contributed by atoms with Gasteiger partial charge in [-0.15, -0.1) is 0 Å². The third-order valence-electron chi connectivity index (χ3n) is 3.02. The first-order chi connectivity index (χ1) is 11.3. The third-order valence-corrected chi connectivity index (χ3v) is 3.02. The standard InChI is InChI=1S/C18H20N2O4/c1-18(2,3)24-15(21)12-20-11-7-10-14(17(20)23)19-16(22)13-8-5-4-6-9-13/h4-11H,12H2,1-3H3,(H,19,22). The Hall–Kier alpha value is -2.89. The zero-order chi connectivity index (χ0) is 17.7. The van der Waals surface area contributed by atoms with E-state index in [0.717, 1.165) is 0 Å². The molecule has 0 unspecified atom stereocenters. The van der Waals surface area contributed by atoms with Gasteiger partial charge >= 0.3 is 5.97 Å². The number of nitrogens with one attached hydrogen (secondary N) is 1. The van der Waals surface area contributed by atoms with Crippen LogP contribution in [0.5, 0.6) is 0 Å². The molecule has 1 aromatic heterocycles. The lowest BCUT2D eigenvalue weighted by Gasteiger charge is -2.19. The van der Waals surface area contributed by atoms with Crippen LogP contribution in [0, 0.1) is 0 Å². The van der Waals surface area contributed by atoms with E-state index in [1.54, 1.807) is 57.2 Å². The van der Waals surface area contributed by atoms with Gasteiger partial charge in [0, 0.05) is 11.8 Å². The largest absolute Gasteiger partial charge is 0.459 e. The van der Waals surface area contributed by atoms with Crippen molar-refractivity contribution in [2.75, 3.05) is 5.32 Å². The lowest BCUT2D eigenvalue weighted by Crippen LogP contribution is -2.31. The lowest BCUT2D eigenvalue weighted by atomic mass is 10.2. The molecule has 1 aromatic carbocycles. The van der Waals surface area contributed by atoms with Gasteiger partial charge in [-0.3, -0.25) is 14.4 Å². The molecule has 0 spiro atoms. The summed E-state index contributed by atoms with van der Waals surface area (Å²) in [4.78, 5) is 36.4. The van der Waals surface area contributed by atoms with E-state index in [4.69, 9.17) is 4.74 Å². The van der Waals surface area contributed by atoms with Crippen molar-refractivity contribution in [1.82, 2.24) is 4.57 Å². The highest BCUT2D eigenvalue weighted by Crippen LogP contribution is 2.08. The van der Waals surface area contributed by atoms with Gasteiger partial charge in [-0.2, -0.15) is 0 Å². The first kappa shape index (κ1) is 17.5. The maximum Gasteiger partial charge on any atom is 0.326 e. The summed E-state index contributed by atoms with van der Waals surface area (Å²) in [6, 6.07) is 11.7. The molecule has 0 saturated carbocycles. The molecule has 0 aliphatic rings. The molecule has 2 rings (SSSR count). The molecule has 0 radical (unpaired) electrons. The molecule has 1 heterocycles. The molecule has 2 aromatic rings. The van der Waals surface area contributed by atoms with Gasteiger partial charge in [-0.05, 0) is 45.0 Å². The molecule has 1 N–H and O–H groups in total. The number of nitrogens with zero attached hydrogens (tertiary/aromatic N) is 1. The molecular formula is C18H20N2O4. The van der Waals surface area contributed by atoms with Gasteiger partial charge in [0.2, 0.25) is 0 Å². The topological polar surface area (TPSA) is 77.4 Å². The summed E-state index contributed by atoms with van der Waals surface area (Å²) in [6.45, 7) is 5.05. The van der Waals surface area contributed by atoms with Crippen molar-refractivity contribution < 1.29 is 14.3 Å². The Labute approximate surface area is 140 Å². The Morgan fingerprint density at radius 2 is 1.75 bits per heavy atom. The van der Waals surface area contributed by atoms with E-state index >= 15 is 0 Å². The van der Waals surface area contributed by atoms with E-state index in [2.05, 4.69) is 5.32 Å². The van der Waals surface area contributed by atoms with Crippen LogP contribution in [-0.2, 0) is 16.1 Å². The molecule has 0 fully saturated rings. The van der Waals surface area contributed by atoms with Gasteiger partial charge in [0.15, 0.2) is 0 Å². The molecule has 24 heavy (non-hydrogen) atoms. The van der Waals surface area contributed by atoms with Crippen LogP contribution in [0.3, 0.4) is 0 Å². The van der Waals surface area contributed by atoms with Crippen LogP contribution >= 0.6 is 0 Å². The second-order valence-electron chi connectivity index (χ2n) is 6.26. The van der Waals surface area contributed by atoms with Crippen LogP contribution in [0.2, 0.25) is 0 Å². The summed E-state index contributed by atoms with van der Waals surface area (Å²) in [7, 11) is 0. The molecule has 126 valence electrons. The van der Waals surface area contributed by atoms with E-state index in [1.807, 2.05) is 0 Å². The second kappa shape index (κ2) is 7.12. The van der Waals surface area contributed by atoms with Gasteiger partial charge in [-0.25, -0.2) is 0 Å². The molecule has 6 heteroatoms. The van der Waals surface area contributed by atoms with Crippen LogP contribution in [0.15, 0.2) is 53.5 Å². The van der Waals surface area contributed by atoms with Crippen molar-refractivity contribution in [2.45, 2.75) is 32.9 Å². The first-order valence-electron chi connectivity index (χ1n) is 7.54. The summed E-state index contributed by atoms with van der Waals surface area (Å²) in [5.74, 6) is -0.904. The minimum absolute atomic E-state index is 0.106. The summed E-state index contributed by atoms with van der Waals surface area (Å²) < 4.78 is 6.40. The van der Waals surface area contributed by atoms with Gasteiger partial charge in [-0.1, -0.05) is 18.2 Å². The number of amides is 1. The van der Waals surface area contributed by atoms with Crippen molar-refractivity contribution in [3.63, 3.8) is 0 Å². The van der Waals surface area contributed by atoms with Crippen molar-refractivity contribution in [3.8, 4) is 0 Å². The number of carbonyl (C=O) groups is 2. The quantitative estimate of drug-likeness (QED) is 0.875. The molecule has 0 saturated heterocycles. The number of esters is 1. The highest BCUT2D eigenvalue weighted by atomic mass is 16.6. The number of carbonyl (C=O) groups excluding carboxylic acids is 2. The Kier molecular flexibility index (Phi) is 5.18. The van der Waals surface area contributed by atoms with Crippen LogP contribution in [0.4, 0.5) is 5.69 Å². The van der Waals surface area contributed by atoms with Crippen LogP contribution in [-0.4, -0.2) is 22.0 Å². The van der Waals surface area contributed by atoms with Gasteiger partial charge in [0.1, 0.15) is 17.8 Å². The smallest absolute Gasteiger partial charge is 0.326 e. The second-order valence-corrected chi connectivity index (χ2v) is 6.26. The monoisotopic (exact) mass is 328 g/mol. The minimum atomic E-state index is -0.625. The zero-order valence-electron chi connectivity index (χ0n) is 13.9. The normalized spacial score (nSPS) is 11.0. The predicted octanol–water partition coefficient (Wildman–Crippen LogP) is 2.44. The Bertz CT molecular complexity index is 789. The number of ether oxygens (including phenoxy) is 1. The van der Waals surface area contributed by atoms with Crippen molar-refractivity contribution >= 4 is 17.6 Å². The van der Waals surface area contributed by atoms with E-state index in [1.165, 1.54) is 16.8 Å². The number of aromatic nitrogens is 1. The minimum Gasteiger partial charge on any atom is -0.459 e. The van der Waals surface area contributed by atoms with E-state index in [0.29, 0.717) is 5.56 Å². The number of hydrogen-bond acceptors (Lipinski definition) is 4. The fraction of sp³-hybridized carbons (Fsp3) is 0.278. The molecule has 0 bridgehead atoms. The molecule has 0 aliphatic carbocycles. The molecule has 0 aliphatic heterocycles. The Balaban J connectivity index is 2.15. The SMILES string of the molecule is CC(C)(C)OC(=O)Cn1cccc(NC(=O)c2ccccc2)c1=O. The maximum atomic E-state index is 12.4. The van der Waals surface area contributed by atoms with Gasteiger partial charge in [0.05, 0.1) is 0 Å². The van der Waals surface area contributed by atoms with Crippen molar-refractivity contribution in [1.29, 1.82) is 0 Å². The number of rotatable bonds is 4. The van der Waals surface area contributed by atoms with Crippen LogP contribution in [0.1, 0.15) is 31.1 Å². The number of benzene rings is 1. The van der Waals surface area contributed by atoms with Crippen molar-refractivity contribution in [3.05, 3.63) is 64.6 Å². The molecular weight excluding hydrogens is 308 g/mol. The third kappa shape index (κ3) is 4.81. The summed E-state index contributed by atoms with van der Waals surface area (Å²) in [6.07, 6.45) is 1.48. The fourth-order valence-electron chi connectivity index (χ4n) is 2.05. The summed E-state index contributed by atoms with van der Waals surface area (Å²) in [5.41, 5.74) is -0.540. The van der Waals surface area contributed by atoms with Gasteiger partial charge in [0.25, 0.3) is 11.5 Å². The molecule has 1 amide bonds. The summed E-state index contributed by atoms with van der Waals surface area (Å²) in [5, 5.41) is 2.56. The predicted molar refractivity (Wildman–Crippen MR) is 90.9 cm³/mol. The average molecular weight is 328 g/mol. The van der Waals surface area contributed by atoms with Crippen LogP contribution in [0.25, 0.3) is 0 Å². The zero-order valence-corrected chi connectivity index (χ0v) is 13.9. The van der Waals surface area contributed by atoms with E-state index < -0.39 is 17.1 Å². The van der Waals surface area contributed by atoms with E-state index in [9.17, 15) is 14.4 Å². The molecule has 6 nitrogen and oxygen atoms in total. The average Bonchev–Trinajstić information content (AvgIpc) is 2.50. The Morgan fingerprint density at radius 3 is 2.38 bits per heavy atom. The lowest BCUT2D eigenvalue weighted by molar-refractivity contribution is -0.155.